The van der Waals surface area contributed by atoms with E-state index in [0.717, 1.165) is 16.3 Å². The van der Waals surface area contributed by atoms with Crippen molar-refractivity contribution < 1.29 is 4.74 Å². The molecule has 0 saturated heterocycles. The van der Waals surface area contributed by atoms with E-state index >= 15 is 0 Å². The lowest BCUT2D eigenvalue weighted by Gasteiger charge is -2.13. The molecule has 1 aromatic carbocycles. The molecule has 0 amide bonds. The Morgan fingerprint density at radius 1 is 1.54 bits per heavy atom. The van der Waals surface area contributed by atoms with Gasteiger partial charge in [-0.15, -0.1) is 0 Å². The molecular weight excluding hydrogens is 186 g/mol. The van der Waals surface area contributed by atoms with Crippen LogP contribution in [0, 0.1) is 0 Å². The van der Waals surface area contributed by atoms with Gasteiger partial charge in [-0.1, -0.05) is 18.5 Å². The van der Waals surface area contributed by atoms with E-state index in [0.29, 0.717) is 6.54 Å². The molecule has 0 heterocycles. The fourth-order valence-corrected chi connectivity index (χ4v) is 1.40. The molecule has 72 valence electrons. The lowest BCUT2D eigenvalue weighted by Crippen LogP contribution is -2.09. The van der Waals surface area contributed by atoms with Crippen LogP contribution in [0.3, 0.4) is 0 Å². The highest BCUT2D eigenvalue weighted by atomic mass is 35.5. The molecule has 1 atom stereocenters. The average Bonchev–Trinajstić information content (AvgIpc) is 2.16. The second-order valence-corrected chi connectivity index (χ2v) is 3.46. The number of ether oxygens (including phenoxy) is 1. The number of nitrogens with two attached hydrogens (primary N) is 1. The lowest BCUT2D eigenvalue weighted by atomic mass is 10.0. The summed E-state index contributed by atoms with van der Waals surface area (Å²) in [5.41, 5.74) is 6.65. The minimum Gasteiger partial charge on any atom is -0.496 e. The molecule has 0 saturated carbocycles. The first-order valence-corrected chi connectivity index (χ1v) is 4.60. The number of hydrogen-bond donors (Lipinski definition) is 1. The Bertz CT molecular complexity index is 288. The van der Waals surface area contributed by atoms with Gasteiger partial charge < -0.3 is 10.5 Å². The summed E-state index contributed by atoms with van der Waals surface area (Å²) in [7, 11) is 1.65. The van der Waals surface area contributed by atoms with Gasteiger partial charge in [0.1, 0.15) is 5.75 Å². The van der Waals surface area contributed by atoms with E-state index in [1.807, 2.05) is 25.1 Å². The number of halogens is 1. The van der Waals surface area contributed by atoms with E-state index in [1.165, 1.54) is 0 Å². The Morgan fingerprint density at radius 2 is 2.23 bits per heavy atom. The maximum atomic E-state index is 5.88. The lowest BCUT2D eigenvalue weighted by molar-refractivity contribution is 0.407. The average molecular weight is 200 g/mol. The second-order valence-electron chi connectivity index (χ2n) is 3.02. The quantitative estimate of drug-likeness (QED) is 0.812. The molecule has 2 nitrogen and oxygen atoms in total. The standard InChI is InChI=1S/C10H14ClNO/c1-7(6-12)9-5-8(11)3-4-10(9)13-2/h3-5,7H,6,12H2,1-2H3. The van der Waals surface area contributed by atoms with Gasteiger partial charge in [-0.3, -0.25) is 0 Å². The van der Waals surface area contributed by atoms with Crippen LogP contribution in [0.1, 0.15) is 18.4 Å². The highest BCUT2D eigenvalue weighted by Gasteiger charge is 2.09. The van der Waals surface area contributed by atoms with E-state index in [1.54, 1.807) is 7.11 Å². The molecule has 0 bridgehead atoms. The molecule has 2 N–H and O–H groups in total. The van der Waals surface area contributed by atoms with Gasteiger partial charge in [0, 0.05) is 5.02 Å². The Kier molecular flexibility index (Phi) is 3.58. The summed E-state index contributed by atoms with van der Waals surface area (Å²) in [6, 6.07) is 5.58. The van der Waals surface area contributed by atoms with Crippen molar-refractivity contribution in [2.75, 3.05) is 13.7 Å². The fourth-order valence-electron chi connectivity index (χ4n) is 1.22. The van der Waals surface area contributed by atoms with Gasteiger partial charge in [-0.05, 0) is 36.2 Å². The van der Waals surface area contributed by atoms with Gasteiger partial charge in [0.15, 0.2) is 0 Å². The molecule has 1 unspecified atom stereocenters. The Morgan fingerprint density at radius 3 is 2.77 bits per heavy atom. The van der Waals surface area contributed by atoms with Gasteiger partial charge in [0.2, 0.25) is 0 Å². The van der Waals surface area contributed by atoms with Gasteiger partial charge in [-0.2, -0.15) is 0 Å². The summed E-state index contributed by atoms with van der Waals surface area (Å²) in [4.78, 5) is 0. The zero-order valence-electron chi connectivity index (χ0n) is 7.88. The van der Waals surface area contributed by atoms with Gasteiger partial charge in [0.05, 0.1) is 7.11 Å². The minimum absolute atomic E-state index is 0.272. The van der Waals surface area contributed by atoms with Crippen molar-refractivity contribution in [1.29, 1.82) is 0 Å². The molecule has 0 radical (unpaired) electrons. The van der Waals surface area contributed by atoms with Crippen LogP contribution in [-0.2, 0) is 0 Å². The third-order valence-corrected chi connectivity index (χ3v) is 2.31. The van der Waals surface area contributed by atoms with E-state index < -0.39 is 0 Å². The second kappa shape index (κ2) is 4.49. The molecule has 0 aliphatic carbocycles. The number of benzene rings is 1. The van der Waals surface area contributed by atoms with E-state index in [4.69, 9.17) is 22.1 Å². The highest BCUT2D eigenvalue weighted by Crippen LogP contribution is 2.28. The third-order valence-electron chi connectivity index (χ3n) is 2.08. The fraction of sp³-hybridized carbons (Fsp3) is 0.400. The maximum absolute atomic E-state index is 5.88. The van der Waals surface area contributed by atoms with Crippen LogP contribution >= 0.6 is 11.6 Å². The molecule has 0 fully saturated rings. The van der Waals surface area contributed by atoms with Crippen LogP contribution in [0.25, 0.3) is 0 Å². The van der Waals surface area contributed by atoms with Gasteiger partial charge in [-0.25, -0.2) is 0 Å². The van der Waals surface area contributed by atoms with E-state index in [-0.39, 0.29) is 5.92 Å². The normalized spacial score (nSPS) is 12.6. The SMILES string of the molecule is COc1ccc(Cl)cc1C(C)CN. The predicted octanol–water partition coefficient (Wildman–Crippen LogP) is 2.41. The Balaban J connectivity index is 3.07. The summed E-state index contributed by atoms with van der Waals surface area (Å²) in [5, 5.41) is 0.719. The van der Waals surface area contributed by atoms with Crippen molar-refractivity contribution >= 4 is 11.6 Å². The van der Waals surface area contributed by atoms with Crippen molar-refractivity contribution in [3.8, 4) is 5.75 Å². The number of methoxy groups -OCH3 is 1. The van der Waals surface area contributed by atoms with Crippen LogP contribution in [0.4, 0.5) is 0 Å². The van der Waals surface area contributed by atoms with Crippen LogP contribution in [-0.4, -0.2) is 13.7 Å². The number of rotatable bonds is 3. The van der Waals surface area contributed by atoms with Crippen molar-refractivity contribution in [3.63, 3.8) is 0 Å². The zero-order chi connectivity index (χ0) is 9.84. The highest BCUT2D eigenvalue weighted by molar-refractivity contribution is 6.30. The largest absolute Gasteiger partial charge is 0.496 e. The predicted molar refractivity (Wildman–Crippen MR) is 55.5 cm³/mol. The summed E-state index contributed by atoms with van der Waals surface area (Å²) >= 11 is 5.88. The minimum atomic E-state index is 0.272. The first-order chi connectivity index (χ1) is 6.19. The van der Waals surface area contributed by atoms with Crippen LogP contribution < -0.4 is 10.5 Å². The summed E-state index contributed by atoms with van der Waals surface area (Å²) in [6.45, 7) is 2.64. The topological polar surface area (TPSA) is 35.2 Å². The smallest absolute Gasteiger partial charge is 0.122 e. The maximum Gasteiger partial charge on any atom is 0.122 e. The molecule has 13 heavy (non-hydrogen) atoms. The molecule has 1 aromatic rings. The van der Waals surface area contributed by atoms with Crippen molar-refractivity contribution in [3.05, 3.63) is 28.8 Å². The van der Waals surface area contributed by atoms with Crippen molar-refractivity contribution in [1.82, 2.24) is 0 Å². The summed E-state index contributed by atoms with van der Waals surface area (Å²) < 4.78 is 5.21. The van der Waals surface area contributed by atoms with Crippen LogP contribution in [0.2, 0.25) is 5.02 Å². The number of hydrogen-bond acceptors (Lipinski definition) is 2. The monoisotopic (exact) mass is 199 g/mol. The first kappa shape index (κ1) is 10.4. The Labute approximate surface area is 83.6 Å². The van der Waals surface area contributed by atoms with Gasteiger partial charge >= 0.3 is 0 Å². The first-order valence-electron chi connectivity index (χ1n) is 4.22. The summed E-state index contributed by atoms with van der Waals surface area (Å²) in [5.74, 6) is 1.12. The molecule has 1 rings (SSSR count). The van der Waals surface area contributed by atoms with E-state index in [9.17, 15) is 0 Å². The van der Waals surface area contributed by atoms with Crippen LogP contribution in [0.5, 0.6) is 5.75 Å². The van der Waals surface area contributed by atoms with Gasteiger partial charge in [0.25, 0.3) is 0 Å². The van der Waals surface area contributed by atoms with Crippen LogP contribution in [0.15, 0.2) is 18.2 Å². The molecule has 0 spiro atoms. The molecule has 0 aliphatic heterocycles. The summed E-state index contributed by atoms with van der Waals surface area (Å²) in [6.07, 6.45) is 0. The molecule has 0 aliphatic rings. The zero-order valence-corrected chi connectivity index (χ0v) is 8.64. The molecule has 3 heteroatoms. The Hall–Kier alpha value is -0.730. The van der Waals surface area contributed by atoms with Crippen molar-refractivity contribution in [2.45, 2.75) is 12.8 Å². The van der Waals surface area contributed by atoms with Crippen molar-refractivity contribution in [2.24, 2.45) is 5.73 Å². The van der Waals surface area contributed by atoms with E-state index in [2.05, 4.69) is 0 Å². The molecular formula is C10H14ClNO. The third kappa shape index (κ3) is 2.36. The molecule has 0 aromatic heterocycles.